The molecule has 0 saturated heterocycles. The van der Waals surface area contributed by atoms with Crippen LogP contribution >= 0.6 is 27.7 Å². The fourth-order valence-electron chi connectivity index (χ4n) is 3.14. The number of allylic oxidation sites excluding steroid dienone is 1. The van der Waals surface area contributed by atoms with Gasteiger partial charge in [0.25, 0.3) is 5.91 Å². The second kappa shape index (κ2) is 11.8. The largest absolute Gasteiger partial charge is 0.342 e. The summed E-state index contributed by atoms with van der Waals surface area (Å²) in [6.07, 6.45) is 1.75. The average Bonchev–Trinajstić information content (AvgIpc) is 3.20. The Bertz CT molecular complexity index is 1100. The Balaban J connectivity index is 1.73. The summed E-state index contributed by atoms with van der Waals surface area (Å²) in [7, 11) is 0. The highest BCUT2D eigenvalue weighted by atomic mass is 79.9. The van der Waals surface area contributed by atoms with E-state index in [-0.39, 0.29) is 29.5 Å². The van der Waals surface area contributed by atoms with E-state index in [9.17, 15) is 9.59 Å². The first kappa shape index (κ1) is 24.7. The molecule has 1 aromatic heterocycles. The fraction of sp³-hybridized carbons (Fsp3) is 0.250. The SMILES string of the molecule is C=CCn1c(SCC(=O)Nc2ccc(Br)cc2)nnc1[C@@H](NC(=O)c1ccccc1)C(C)C. The first-order valence-electron chi connectivity index (χ1n) is 10.5. The van der Waals surface area contributed by atoms with Crippen LogP contribution in [0, 0.1) is 5.92 Å². The molecule has 7 nitrogen and oxygen atoms in total. The number of hydrogen-bond acceptors (Lipinski definition) is 5. The zero-order valence-corrected chi connectivity index (χ0v) is 20.9. The highest BCUT2D eigenvalue weighted by Gasteiger charge is 2.26. The molecular weight excluding hydrogens is 502 g/mol. The van der Waals surface area contributed by atoms with Gasteiger partial charge >= 0.3 is 0 Å². The Hall–Kier alpha value is -2.91. The van der Waals surface area contributed by atoms with Crippen LogP contribution in [0.4, 0.5) is 5.69 Å². The number of benzene rings is 2. The summed E-state index contributed by atoms with van der Waals surface area (Å²) in [6, 6.07) is 16.1. The average molecular weight is 528 g/mol. The summed E-state index contributed by atoms with van der Waals surface area (Å²) < 4.78 is 2.83. The monoisotopic (exact) mass is 527 g/mol. The summed E-state index contributed by atoms with van der Waals surface area (Å²) >= 11 is 4.67. The van der Waals surface area contributed by atoms with Crippen LogP contribution in [0.3, 0.4) is 0 Å². The van der Waals surface area contributed by atoms with Gasteiger partial charge in [0.2, 0.25) is 5.91 Å². The van der Waals surface area contributed by atoms with Crippen molar-refractivity contribution in [1.82, 2.24) is 20.1 Å². The van der Waals surface area contributed by atoms with Crippen molar-refractivity contribution in [2.45, 2.75) is 31.6 Å². The number of halogens is 1. The number of carbonyl (C=O) groups is 2. The van der Waals surface area contributed by atoms with Gasteiger partial charge in [0.1, 0.15) is 0 Å². The maximum Gasteiger partial charge on any atom is 0.251 e. The third kappa shape index (κ3) is 6.79. The molecule has 0 aliphatic rings. The van der Waals surface area contributed by atoms with Crippen molar-refractivity contribution in [2.24, 2.45) is 5.92 Å². The summed E-state index contributed by atoms with van der Waals surface area (Å²) in [5.74, 6) is 0.558. The van der Waals surface area contributed by atoms with Crippen molar-refractivity contribution in [3.05, 3.63) is 83.1 Å². The lowest BCUT2D eigenvalue weighted by molar-refractivity contribution is -0.113. The second-order valence-corrected chi connectivity index (χ2v) is 9.50. The summed E-state index contributed by atoms with van der Waals surface area (Å²) in [5, 5.41) is 15.2. The van der Waals surface area contributed by atoms with E-state index < -0.39 is 0 Å². The predicted molar refractivity (Wildman–Crippen MR) is 135 cm³/mol. The van der Waals surface area contributed by atoms with E-state index in [2.05, 4.69) is 43.3 Å². The molecule has 0 fully saturated rings. The van der Waals surface area contributed by atoms with Crippen LogP contribution in [0.1, 0.15) is 36.1 Å². The van der Waals surface area contributed by atoms with Gasteiger partial charge in [0.05, 0.1) is 11.8 Å². The summed E-state index contributed by atoms with van der Waals surface area (Å²) in [5.41, 5.74) is 1.30. The molecule has 2 N–H and O–H groups in total. The zero-order chi connectivity index (χ0) is 23.8. The van der Waals surface area contributed by atoms with Crippen LogP contribution in [0.25, 0.3) is 0 Å². The normalized spacial score (nSPS) is 11.8. The van der Waals surface area contributed by atoms with E-state index in [0.717, 1.165) is 10.2 Å². The molecule has 33 heavy (non-hydrogen) atoms. The second-order valence-electron chi connectivity index (χ2n) is 7.64. The van der Waals surface area contributed by atoms with Crippen LogP contribution in [-0.4, -0.2) is 32.3 Å². The quantitative estimate of drug-likeness (QED) is 0.283. The molecule has 2 amide bonds. The number of anilines is 1. The zero-order valence-electron chi connectivity index (χ0n) is 18.5. The van der Waals surface area contributed by atoms with E-state index >= 15 is 0 Å². The Morgan fingerprint density at radius 3 is 2.45 bits per heavy atom. The molecule has 0 aliphatic heterocycles. The van der Waals surface area contributed by atoms with Crippen LogP contribution in [0.5, 0.6) is 0 Å². The highest BCUT2D eigenvalue weighted by Crippen LogP contribution is 2.26. The van der Waals surface area contributed by atoms with Crippen molar-refractivity contribution in [2.75, 3.05) is 11.1 Å². The molecule has 0 bridgehead atoms. The standard InChI is InChI=1S/C24H26BrN5O2S/c1-4-14-30-22(21(16(2)3)27-23(32)17-8-6-5-7-9-17)28-29-24(30)33-15-20(31)26-19-12-10-18(25)11-13-19/h4-13,16,21H,1,14-15H2,2-3H3,(H,26,31)(H,27,32)/t21-/m0/s1. The molecule has 0 radical (unpaired) electrons. The molecule has 2 aromatic carbocycles. The number of amides is 2. The van der Waals surface area contributed by atoms with Crippen LogP contribution in [0.2, 0.25) is 0 Å². The molecule has 3 aromatic rings. The minimum absolute atomic E-state index is 0.0731. The van der Waals surface area contributed by atoms with E-state index in [0.29, 0.717) is 23.1 Å². The van der Waals surface area contributed by atoms with Gasteiger partial charge in [-0.25, -0.2) is 0 Å². The minimum Gasteiger partial charge on any atom is -0.342 e. The molecule has 0 unspecified atom stereocenters. The van der Waals surface area contributed by atoms with E-state index in [1.165, 1.54) is 11.8 Å². The first-order chi connectivity index (χ1) is 15.9. The molecule has 172 valence electrons. The van der Waals surface area contributed by atoms with Crippen molar-refractivity contribution >= 4 is 45.2 Å². The van der Waals surface area contributed by atoms with Crippen LogP contribution in [0.15, 0.2) is 76.9 Å². The molecule has 0 aliphatic carbocycles. The van der Waals surface area contributed by atoms with Gasteiger partial charge in [0.15, 0.2) is 11.0 Å². The molecular formula is C24H26BrN5O2S. The topological polar surface area (TPSA) is 88.9 Å². The van der Waals surface area contributed by atoms with E-state index in [4.69, 9.17) is 0 Å². The molecule has 1 heterocycles. The van der Waals surface area contributed by atoms with E-state index in [1.807, 2.05) is 60.9 Å². The molecule has 3 rings (SSSR count). The number of rotatable bonds is 10. The third-order valence-electron chi connectivity index (χ3n) is 4.78. The highest BCUT2D eigenvalue weighted by molar-refractivity contribution is 9.10. The number of nitrogens with one attached hydrogen (secondary N) is 2. The first-order valence-corrected chi connectivity index (χ1v) is 12.2. The minimum atomic E-state index is -0.351. The van der Waals surface area contributed by atoms with E-state index in [1.54, 1.807) is 18.2 Å². The number of hydrogen-bond donors (Lipinski definition) is 2. The van der Waals surface area contributed by atoms with Gasteiger partial charge < -0.3 is 15.2 Å². The fourth-order valence-corrected chi connectivity index (χ4v) is 4.16. The molecule has 0 spiro atoms. The predicted octanol–water partition coefficient (Wildman–Crippen LogP) is 5.08. The number of thioether (sulfide) groups is 1. The Labute approximate surface area is 206 Å². The van der Waals surface area contributed by atoms with Crippen molar-refractivity contribution < 1.29 is 9.59 Å². The number of aromatic nitrogens is 3. The maximum atomic E-state index is 12.8. The maximum absolute atomic E-state index is 12.8. The van der Waals surface area contributed by atoms with Crippen LogP contribution in [-0.2, 0) is 11.3 Å². The van der Waals surface area contributed by atoms with Gasteiger partial charge in [-0.3, -0.25) is 9.59 Å². The third-order valence-corrected chi connectivity index (χ3v) is 6.28. The number of nitrogens with zero attached hydrogens (tertiary/aromatic N) is 3. The lowest BCUT2D eigenvalue weighted by Crippen LogP contribution is -2.33. The molecule has 0 saturated carbocycles. The van der Waals surface area contributed by atoms with Crippen molar-refractivity contribution in [1.29, 1.82) is 0 Å². The van der Waals surface area contributed by atoms with Gasteiger partial charge in [-0.05, 0) is 42.3 Å². The van der Waals surface area contributed by atoms with Gasteiger partial charge in [-0.2, -0.15) is 0 Å². The number of carbonyl (C=O) groups excluding carboxylic acids is 2. The Morgan fingerprint density at radius 2 is 1.82 bits per heavy atom. The Kier molecular flexibility index (Phi) is 8.85. The molecule has 9 heteroatoms. The Morgan fingerprint density at radius 1 is 1.12 bits per heavy atom. The lowest BCUT2D eigenvalue weighted by Gasteiger charge is -2.22. The van der Waals surface area contributed by atoms with Gasteiger partial charge in [0, 0.05) is 22.3 Å². The van der Waals surface area contributed by atoms with Crippen LogP contribution < -0.4 is 10.6 Å². The van der Waals surface area contributed by atoms with Gasteiger partial charge in [-0.1, -0.05) is 65.8 Å². The summed E-state index contributed by atoms with van der Waals surface area (Å²) in [4.78, 5) is 25.2. The molecule has 1 atom stereocenters. The van der Waals surface area contributed by atoms with Gasteiger partial charge in [-0.15, -0.1) is 16.8 Å². The smallest absolute Gasteiger partial charge is 0.251 e. The van der Waals surface area contributed by atoms with Crippen molar-refractivity contribution in [3.63, 3.8) is 0 Å². The van der Waals surface area contributed by atoms with Crippen molar-refractivity contribution in [3.8, 4) is 0 Å². The lowest BCUT2D eigenvalue weighted by atomic mass is 10.0. The summed E-state index contributed by atoms with van der Waals surface area (Å²) in [6.45, 7) is 8.32.